The van der Waals surface area contributed by atoms with Gasteiger partial charge in [-0.1, -0.05) is 80.1 Å². The highest BCUT2D eigenvalue weighted by Crippen LogP contribution is 3.02. The Morgan fingerprint density at radius 1 is 0.526 bits per heavy atom. The van der Waals surface area contributed by atoms with Gasteiger partial charge in [0.05, 0.1) is 0 Å². The maximum absolute atomic E-state index is 14.8. The molecule has 11 heteroatoms. The molecule has 38 heavy (non-hydrogen) atoms. The maximum Gasteiger partial charge on any atom is 0.315 e. The van der Waals surface area contributed by atoms with E-state index in [1.54, 1.807) is 36.4 Å². The number of rotatable bonds is 5. The summed E-state index contributed by atoms with van der Waals surface area (Å²) in [5, 5.41) is 0. The molecular formula is C27H16F10S. The fourth-order valence-electron chi connectivity index (χ4n) is 3.88. The van der Waals surface area contributed by atoms with Crippen molar-refractivity contribution in [2.45, 2.75) is 11.8 Å². The minimum absolute atomic E-state index is 0.00498. The molecule has 0 aliphatic heterocycles. The molecule has 0 bridgehead atoms. The number of hydrogen-bond donors (Lipinski definition) is 0. The van der Waals surface area contributed by atoms with Crippen LogP contribution in [0.5, 0.6) is 0 Å². The molecule has 0 saturated heterocycles. The van der Waals surface area contributed by atoms with Gasteiger partial charge in [-0.15, -0.1) is 0 Å². The summed E-state index contributed by atoms with van der Waals surface area (Å²) in [5.41, 5.74) is 1.09. The van der Waals surface area contributed by atoms with Crippen molar-refractivity contribution in [3.8, 4) is 33.4 Å². The molecule has 0 radical (unpaired) electrons. The first-order valence-corrected chi connectivity index (χ1v) is 12.7. The lowest BCUT2D eigenvalue weighted by Crippen LogP contribution is -2.11. The third kappa shape index (κ3) is 5.57. The summed E-state index contributed by atoms with van der Waals surface area (Å²) in [4.78, 5) is -3.28. The zero-order valence-electron chi connectivity index (χ0n) is 19.2. The van der Waals surface area contributed by atoms with E-state index in [1.807, 2.05) is 0 Å². The van der Waals surface area contributed by atoms with Gasteiger partial charge >= 0.3 is 10.2 Å². The molecule has 0 aliphatic rings. The van der Waals surface area contributed by atoms with E-state index in [1.165, 1.54) is 18.2 Å². The summed E-state index contributed by atoms with van der Waals surface area (Å²) in [6.07, 6.45) is 0. The lowest BCUT2D eigenvalue weighted by molar-refractivity contribution is 0.345. The summed E-state index contributed by atoms with van der Waals surface area (Å²) in [7, 11) is -10.7. The minimum Gasteiger partial charge on any atom is -0.209 e. The van der Waals surface area contributed by atoms with Crippen LogP contribution in [0.1, 0.15) is 12.5 Å². The molecular weight excluding hydrogens is 546 g/mol. The van der Waals surface area contributed by atoms with Crippen molar-refractivity contribution in [3.05, 3.63) is 108 Å². The highest BCUT2D eigenvalue weighted by atomic mass is 32.5. The van der Waals surface area contributed by atoms with Crippen molar-refractivity contribution in [3.63, 3.8) is 0 Å². The van der Waals surface area contributed by atoms with Gasteiger partial charge in [0.25, 0.3) is 0 Å². The molecule has 0 atom stereocenters. The van der Waals surface area contributed by atoms with Crippen molar-refractivity contribution in [1.82, 2.24) is 0 Å². The molecule has 0 fully saturated rings. The molecule has 0 aromatic heterocycles. The average Bonchev–Trinajstić information content (AvgIpc) is 2.81. The SMILES string of the molecule is C/C(F)=C(\F)c1ccc(-c2ccc(-c3ccc(-c4cc(F)c(S(F)(F)(F)(F)F)c(F)c4)c(F)c3)cc2)cc1. The Hall–Kier alpha value is -3.73. The second-order valence-electron chi connectivity index (χ2n) is 8.43. The van der Waals surface area contributed by atoms with Crippen LogP contribution in [0.25, 0.3) is 39.2 Å². The first-order chi connectivity index (χ1) is 17.4. The molecule has 0 saturated carbocycles. The van der Waals surface area contributed by atoms with Gasteiger partial charge < -0.3 is 0 Å². The molecule has 4 rings (SSSR count). The monoisotopic (exact) mass is 562 g/mol. The van der Waals surface area contributed by atoms with Crippen LogP contribution in [0.15, 0.2) is 89.6 Å². The summed E-state index contributed by atoms with van der Waals surface area (Å²) in [6, 6.07) is 15.9. The van der Waals surface area contributed by atoms with Gasteiger partial charge in [0.15, 0.2) is 10.7 Å². The molecule has 200 valence electrons. The van der Waals surface area contributed by atoms with Crippen LogP contribution >= 0.6 is 10.2 Å². The number of halogens is 10. The van der Waals surface area contributed by atoms with Crippen molar-refractivity contribution < 1.29 is 41.4 Å². The standard InChI is InChI=1S/C27H16F10S/c1-15(28)26(32)19-8-6-17(7-9-19)16-2-4-18(5-3-16)20-10-11-22(23(29)12-20)21-13-24(30)27(25(31)14-21)38(33,34,35,36)37/h2-14H,1H3/b26-15+. The third-order valence-electron chi connectivity index (χ3n) is 5.66. The van der Waals surface area contributed by atoms with Gasteiger partial charge in [-0.3, -0.25) is 0 Å². The largest absolute Gasteiger partial charge is 0.315 e. The van der Waals surface area contributed by atoms with Crippen LogP contribution < -0.4 is 0 Å². The first-order valence-electron chi connectivity index (χ1n) is 10.7. The molecule has 0 heterocycles. The predicted octanol–water partition coefficient (Wildman–Crippen LogP) is 11.4. The van der Waals surface area contributed by atoms with Crippen LogP contribution in [0.4, 0.5) is 41.4 Å². The van der Waals surface area contributed by atoms with Crippen molar-refractivity contribution in [2.75, 3.05) is 0 Å². The molecule has 0 N–H and O–H groups in total. The molecule has 0 nitrogen and oxygen atoms in total. The van der Waals surface area contributed by atoms with E-state index in [2.05, 4.69) is 0 Å². The van der Waals surface area contributed by atoms with E-state index in [4.69, 9.17) is 0 Å². The van der Waals surface area contributed by atoms with Gasteiger partial charge in [-0.05, 0) is 52.9 Å². The zero-order valence-corrected chi connectivity index (χ0v) is 20.0. The van der Waals surface area contributed by atoms with Crippen LogP contribution in [0.3, 0.4) is 0 Å². The summed E-state index contributed by atoms with van der Waals surface area (Å²) in [5.74, 6) is -8.08. The summed E-state index contributed by atoms with van der Waals surface area (Å²) in [6.45, 7) is 1.000. The van der Waals surface area contributed by atoms with Gasteiger partial charge in [0, 0.05) is 11.1 Å². The van der Waals surface area contributed by atoms with E-state index in [0.29, 0.717) is 22.3 Å². The fraction of sp³-hybridized carbons (Fsp3) is 0.0370. The van der Waals surface area contributed by atoms with E-state index in [0.717, 1.165) is 19.1 Å². The lowest BCUT2D eigenvalue weighted by atomic mass is 9.97. The van der Waals surface area contributed by atoms with Gasteiger partial charge in [0.2, 0.25) is 0 Å². The van der Waals surface area contributed by atoms with E-state index < -0.39 is 55.4 Å². The molecule has 0 aliphatic carbocycles. The van der Waals surface area contributed by atoms with Gasteiger partial charge in [-0.2, -0.15) is 0 Å². The van der Waals surface area contributed by atoms with Crippen molar-refractivity contribution in [2.24, 2.45) is 0 Å². The highest BCUT2D eigenvalue weighted by Gasteiger charge is 2.68. The molecule has 4 aromatic rings. The lowest BCUT2D eigenvalue weighted by Gasteiger charge is -2.40. The predicted molar refractivity (Wildman–Crippen MR) is 129 cm³/mol. The maximum atomic E-state index is 14.8. The fourth-order valence-corrected chi connectivity index (χ4v) is 4.73. The van der Waals surface area contributed by atoms with Crippen molar-refractivity contribution >= 4 is 16.1 Å². The van der Waals surface area contributed by atoms with Crippen LogP contribution in [-0.2, 0) is 0 Å². The Kier molecular flexibility index (Phi) is 6.22. The minimum atomic E-state index is -10.7. The second-order valence-corrected chi connectivity index (χ2v) is 10.8. The van der Waals surface area contributed by atoms with Crippen LogP contribution in [0, 0.1) is 17.5 Å². The second kappa shape index (κ2) is 8.65. The Bertz CT molecular complexity index is 1540. The molecule has 0 amide bonds. The van der Waals surface area contributed by atoms with Gasteiger partial charge in [0.1, 0.15) is 23.3 Å². The molecule has 0 spiro atoms. The zero-order chi connectivity index (χ0) is 28.1. The van der Waals surface area contributed by atoms with E-state index in [-0.39, 0.29) is 17.7 Å². The third-order valence-corrected chi connectivity index (χ3v) is 6.82. The van der Waals surface area contributed by atoms with Gasteiger partial charge in [-0.25, -0.2) is 22.0 Å². The Morgan fingerprint density at radius 2 is 0.921 bits per heavy atom. The first kappa shape index (κ1) is 27.3. The number of benzene rings is 4. The summed E-state index contributed by atoms with van der Waals surface area (Å²) >= 11 is 0. The van der Waals surface area contributed by atoms with E-state index in [9.17, 15) is 41.4 Å². The average molecular weight is 562 g/mol. The summed E-state index contributed by atoms with van der Waals surface area (Å²) < 4.78 is 134. The Morgan fingerprint density at radius 3 is 1.34 bits per heavy atom. The topological polar surface area (TPSA) is 0 Å². The van der Waals surface area contributed by atoms with Crippen LogP contribution in [0.2, 0.25) is 0 Å². The van der Waals surface area contributed by atoms with Crippen LogP contribution in [-0.4, -0.2) is 0 Å². The molecule has 0 unspecified atom stereocenters. The molecule has 4 aromatic carbocycles. The number of allylic oxidation sites excluding steroid dienone is 1. The number of hydrogen-bond acceptors (Lipinski definition) is 0. The van der Waals surface area contributed by atoms with E-state index >= 15 is 0 Å². The highest BCUT2D eigenvalue weighted by molar-refractivity contribution is 8.45. The normalized spacial score (nSPS) is 14.5. The van der Waals surface area contributed by atoms with Crippen molar-refractivity contribution in [1.29, 1.82) is 0 Å². The smallest absolute Gasteiger partial charge is 0.209 e. The Balaban J connectivity index is 1.62. The quantitative estimate of drug-likeness (QED) is 0.212. The Labute approximate surface area is 210 Å².